The number of hydrogen-bond acceptors (Lipinski definition) is 4. The van der Waals surface area contributed by atoms with Crippen LogP contribution in [0, 0.1) is 0 Å². The summed E-state index contributed by atoms with van der Waals surface area (Å²) in [4.78, 5) is 24.3. The second-order valence-electron chi connectivity index (χ2n) is 4.65. The first kappa shape index (κ1) is 16.8. The molecule has 0 spiro atoms. The molecular weight excluding hydrogens is 316 g/mol. The number of halogens is 1. The van der Waals surface area contributed by atoms with Gasteiger partial charge in [0, 0.05) is 5.56 Å². The summed E-state index contributed by atoms with van der Waals surface area (Å²) in [6.07, 6.45) is -1.67. The second-order valence-corrected chi connectivity index (χ2v) is 5.06. The molecule has 0 aromatic heterocycles. The van der Waals surface area contributed by atoms with Crippen molar-refractivity contribution >= 4 is 29.2 Å². The molecule has 0 heterocycles. The van der Waals surface area contributed by atoms with E-state index in [4.69, 9.17) is 16.3 Å². The molecule has 0 unspecified atom stereocenters. The molecule has 2 N–H and O–H groups in total. The van der Waals surface area contributed by atoms with Crippen LogP contribution in [0.5, 0.6) is 0 Å². The molecule has 0 saturated heterocycles. The summed E-state index contributed by atoms with van der Waals surface area (Å²) >= 11 is 6.10. The van der Waals surface area contributed by atoms with Crippen molar-refractivity contribution in [3.63, 3.8) is 0 Å². The Hall–Kier alpha value is -2.53. The molecule has 0 saturated carbocycles. The van der Waals surface area contributed by atoms with Crippen molar-refractivity contribution in [2.45, 2.75) is 13.1 Å². The number of ether oxygens (including phenoxy) is 1. The Kier molecular flexibility index (Phi) is 6.00. The number of nitrogens with one attached hydrogen (secondary N) is 2. The Bertz CT molecular complexity index is 677. The summed E-state index contributed by atoms with van der Waals surface area (Å²) in [5.74, 6) is -0.293. The Morgan fingerprint density at radius 3 is 2.39 bits per heavy atom. The zero-order chi connectivity index (χ0) is 16.7. The van der Waals surface area contributed by atoms with Gasteiger partial charge < -0.3 is 10.1 Å². The first-order valence-electron chi connectivity index (χ1n) is 7.15. The normalized spacial score (nSPS) is 11.4. The fraction of sp³-hybridized carbons (Fsp3) is 0.176. The lowest BCUT2D eigenvalue weighted by Gasteiger charge is -2.20. The maximum absolute atomic E-state index is 12.6. The summed E-state index contributed by atoms with van der Waals surface area (Å²) in [6.45, 7) is 1.90. The third kappa shape index (κ3) is 4.72. The smallest absolute Gasteiger partial charge is 0.409 e. The van der Waals surface area contributed by atoms with Crippen molar-refractivity contribution in [3.8, 4) is 0 Å². The molecule has 1 atom stereocenters. The molecule has 0 fully saturated rings. The molecule has 0 bridgehead atoms. The Morgan fingerprint density at radius 1 is 1.09 bits per heavy atom. The maximum atomic E-state index is 12.6. The molecule has 2 aromatic carbocycles. The highest BCUT2D eigenvalue weighted by Gasteiger charge is 2.23. The molecule has 2 aromatic rings. The average molecular weight is 333 g/mol. The lowest BCUT2D eigenvalue weighted by Crippen LogP contribution is -2.46. The largest absolute Gasteiger partial charge is 0.450 e. The predicted octanol–water partition coefficient (Wildman–Crippen LogP) is 3.71. The average Bonchev–Trinajstić information content (AvgIpc) is 2.56. The van der Waals surface area contributed by atoms with Crippen LogP contribution in [0.15, 0.2) is 54.6 Å². The summed E-state index contributed by atoms with van der Waals surface area (Å²) in [5.41, 5.74) is 1.01. The van der Waals surface area contributed by atoms with E-state index in [9.17, 15) is 9.59 Å². The first-order valence-corrected chi connectivity index (χ1v) is 7.53. The molecule has 0 aliphatic rings. The fourth-order valence-electron chi connectivity index (χ4n) is 1.96. The van der Waals surface area contributed by atoms with E-state index in [1.165, 1.54) is 0 Å². The number of carbonyl (C=O) groups excluding carboxylic acids is 2. The topological polar surface area (TPSA) is 67.4 Å². The fourth-order valence-corrected chi connectivity index (χ4v) is 2.15. The van der Waals surface area contributed by atoms with Gasteiger partial charge in [0.05, 0.1) is 17.3 Å². The van der Waals surface area contributed by atoms with E-state index in [1.54, 1.807) is 55.5 Å². The predicted molar refractivity (Wildman–Crippen MR) is 89.8 cm³/mol. The number of benzene rings is 2. The van der Waals surface area contributed by atoms with Crippen LogP contribution in [0.1, 0.15) is 17.3 Å². The zero-order valence-corrected chi connectivity index (χ0v) is 13.3. The highest BCUT2D eigenvalue weighted by atomic mass is 35.5. The standard InChI is InChI=1S/C17H17ClN2O3/c1-2-23-17(22)20-16(15(21)12-8-4-3-5-9-12)19-14-11-7-6-10-13(14)18/h3-11,16,19H,2H2,1H3,(H,20,22)/t16-/m1/s1. The Morgan fingerprint density at radius 2 is 1.74 bits per heavy atom. The number of alkyl carbamates (subject to hydrolysis) is 1. The van der Waals surface area contributed by atoms with E-state index in [0.29, 0.717) is 16.3 Å². The lowest BCUT2D eigenvalue weighted by atomic mass is 10.1. The summed E-state index contributed by atoms with van der Waals surface area (Å²) in [7, 11) is 0. The summed E-state index contributed by atoms with van der Waals surface area (Å²) in [5, 5.41) is 5.90. The summed E-state index contributed by atoms with van der Waals surface area (Å²) in [6, 6.07) is 15.6. The van der Waals surface area contributed by atoms with Crippen molar-refractivity contribution in [1.29, 1.82) is 0 Å². The van der Waals surface area contributed by atoms with Crippen LogP contribution < -0.4 is 10.6 Å². The number of rotatable bonds is 6. The van der Waals surface area contributed by atoms with Crippen LogP contribution in [0.4, 0.5) is 10.5 Å². The number of hydrogen-bond donors (Lipinski definition) is 2. The van der Waals surface area contributed by atoms with Gasteiger partial charge in [-0.1, -0.05) is 54.1 Å². The van der Waals surface area contributed by atoms with Gasteiger partial charge in [-0.15, -0.1) is 0 Å². The quantitative estimate of drug-likeness (QED) is 0.625. The van der Waals surface area contributed by atoms with Crippen molar-refractivity contribution < 1.29 is 14.3 Å². The Labute approximate surface area is 139 Å². The summed E-state index contributed by atoms with van der Waals surface area (Å²) < 4.78 is 4.85. The highest BCUT2D eigenvalue weighted by Crippen LogP contribution is 2.21. The minimum Gasteiger partial charge on any atom is -0.450 e. The molecule has 6 heteroatoms. The van der Waals surface area contributed by atoms with Crippen LogP contribution in [0.2, 0.25) is 5.02 Å². The number of anilines is 1. The molecule has 120 valence electrons. The number of amides is 1. The van der Waals surface area contributed by atoms with E-state index < -0.39 is 12.3 Å². The van der Waals surface area contributed by atoms with E-state index in [-0.39, 0.29) is 12.4 Å². The minimum absolute atomic E-state index is 0.212. The van der Waals surface area contributed by atoms with Gasteiger partial charge in [0.2, 0.25) is 5.78 Å². The third-order valence-electron chi connectivity index (χ3n) is 3.03. The van der Waals surface area contributed by atoms with Gasteiger partial charge in [0.1, 0.15) is 0 Å². The number of para-hydroxylation sites is 1. The van der Waals surface area contributed by atoms with Crippen molar-refractivity contribution in [3.05, 3.63) is 65.2 Å². The van der Waals surface area contributed by atoms with Gasteiger partial charge in [0.15, 0.2) is 6.17 Å². The van der Waals surface area contributed by atoms with Gasteiger partial charge in [-0.05, 0) is 19.1 Å². The van der Waals surface area contributed by atoms with E-state index in [2.05, 4.69) is 10.6 Å². The van der Waals surface area contributed by atoms with Crippen LogP contribution >= 0.6 is 11.6 Å². The molecule has 0 aliphatic heterocycles. The SMILES string of the molecule is CCOC(=O)N[C@@H](Nc1ccccc1Cl)C(=O)c1ccccc1. The van der Waals surface area contributed by atoms with Crippen molar-refractivity contribution in [2.75, 3.05) is 11.9 Å². The zero-order valence-electron chi connectivity index (χ0n) is 12.6. The van der Waals surface area contributed by atoms with Gasteiger partial charge in [-0.25, -0.2) is 4.79 Å². The number of Topliss-reactive ketones (excluding diaryl/α,β-unsaturated/α-hetero) is 1. The van der Waals surface area contributed by atoms with Crippen molar-refractivity contribution in [1.82, 2.24) is 5.32 Å². The Balaban J connectivity index is 2.23. The van der Waals surface area contributed by atoms with E-state index in [0.717, 1.165) is 0 Å². The number of ketones is 1. The van der Waals surface area contributed by atoms with Gasteiger partial charge in [0.25, 0.3) is 0 Å². The molecule has 1 amide bonds. The van der Waals surface area contributed by atoms with Gasteiger partial charge in [-0.2, -0.15) is 0 Å². The van der Waals surface area contributed by atoms with Crippen molar-refractivity contribution in [2.24, 2.45) is 0 Å². The second kappa shape index (κ2) is 8.19. The van der Waals surface area contributed by atoms with Gasteiger partial charge >= 0.3 is 6.09 Å². The highest BCUT2D eigenvalue weighted by molar-refractivity contribution is 6.33. The van der Waals surface area contributed by atoms with Crippen LogP contribution in [0.3, 0.4) is 0 Å². The molecule has 2 rings (SSSR count). The maximum Gasteiger partial charge on any atom is 0.409 e. The van der Waals surface area contributed by atoms with Crippen LogP contribution in [0.25, 0.3) is 0 Å². The molecular formula is C17H17ClN2O3. The van der Waals surface area contributed by atoms with E-state index >= 15 is 0 Å². The molecule has 0 aliphatic carbocycles. The van der Waals surface area contributed by atoms with Gasteiger partial charge in [-0.3, -0.25) is 10.1 Å². The van der Waals surface area contributed by atoms with E-state index in [1.807, 2.05) is 6.07 Å². The molecule has 23 heavy (non-hydrogen) atoms. The van der Waals surface area contributed by atoms with Crippen LogP contribution in [-0.4, -0.2) is 24.6 Å². The first-order chi connectivity index (χ1) is 11.1. The molecule has 5 nitrogen and oxygen atoms in total. The molecule has 0 radical (unpaired) electrons. The monoisotopic (exact) mass is 332 g/mol. The van der Waals surface area contributed by atoms with Crippen LogP contribution in [-0.2, 0) is 4.74 Å². The lowest BCUT2D eigenvalue weighted by molar-refractivity contribution is 0.0938. The third-order valence-corrected chi connectivity index (χ3v) is 3.36. The minimum atomic E-state index is -0.989. The number of carbonyl (C=O) groups is 2.